The number of non-ortho nitro benzene ring substituents is 1. The first-order valence-electron chi connectivity index (χ1n) is 10.2. The van der Waals surface area contributed by atoms with Gasteiger partial charge >= 0.3 is 0 Å². The summed E-state index contributed by atoms with van der Waals surface area (Å²) in [5.41, 5.74) is 1.81. The number of rotatable bonds is 8. The third kappa shape index (κ3) is 5.61. The van der Waals surface area contributed by atoms with E-state index in [9.17, 15) is 14.9 Å². The average Bonchev–Trinajstić information content (AvgIpc) is 3.31. The van der Waals surface area contributed by atoms with Crippen LogP contribution in [0, 0.1) is 10.1 Å². The number of hydrogen-bond acceptors (Lipinski definition) is 6. The van der Waals surface area contributed by atoms with Gasteiger partial charge in [0.2, 0.25) is 11.7 Å². The Morgan fingerprint density at radius 2 is 1.79 bits per heavy atom. The molecular formula is C24H19ClN4O4. The minimum atomic E-state index is -0.519. The number of nitro groups is 1. The van der Waals surface area contributed by atoms with Crippen LogP contribution in [0.3, 0.4) is 0 Å². The number of nitrogens with zero attached hydrogens (tertiary/aromatic N) is 4. The number of halogens is 1. The summed E-state index contributed by atoms with van der Waals surface area (Å²) in [4.78, 5) is 29.9. The van der Waals surface area contributed by atoms with Crippen LogP contribution in [0.15, 0.2) is 83.4 Å². The quantitative estimate of drug-likeness (QED) is 0.264. The Kier molecular flexibility index (Phi) is 6.75. The van der Waals surface area contributed by atoms with Crippen LogP contribution in [-0.4, -0.2) is 32.4 Å². The minimum absolute atomic E-state index is 0.134. The van der Waals surface area contributed by atoms with E-state index in [0.717, 1.165) is 11.1 Å². The molecule has 3 aromatic carbocycles. The van der Waals surface area contributed by atoms with Gasteiger partial charge in [0, 0.05) is 47.8 Å². The van der Waals surface area contributed by atoms with E-state index in [1.165, 1.54) is 18.2 Å². The van der Waals surface area contributed by atoms with E-state index in [0.29, 0.717) is 36.2 Å². The van der Waals surface area contributed by atoms with E-state index in [1.54, 1.807) is 35.2 Å². The summed E-state index contributed by atoms with van der Waals surface area (Å²) >= 11 is 5.92. The highest BCUT2D eigenvalue weighted by Gasteiger charge is 2.20. The van der Waals surface area contributed by atoms with Crippen molar-refractivity contribution in [2.45, 2.75) is 13.0 Å². The smallest absolute Gasteiger partial charge is 0.270 e. The van der Waals surface area contributed by atoms with Crippen LogP contribution in [0.25, 0.3) is 11.4 Å². The Labute approximate surface area is 194 Å². The molecule has 1 heterocycles. The van der Waals surface area contributed by atoms with Crippen molar-refractivity contribution >= 4 is 23.2 Å². The van der Waals surface area contributed by atoms with Gasteiger partial charge in [-0.2, -0.15) is 4.98 Å². The predicted molar refractivity (Wildman–Crippen MR) is 123 cm³/mol. The molecule has 0 aliphatic carbocycles. The van der Waals surface area contributed by atoms with Crippen molar-refractivity contribution in [3.8, 4) is 11.4 Å². The van der Waals surface area contributed by atoms with Crippen molar-refractivity contribution < 1.29 is 14.2 Å². The van der Waals surface area contributed by atoms with Crippen molar-refractivity contribution in [2.24, 2.45) is 0 Å². The van der Waals surface area contributed by atoms with Gasteiger partial charge in [0.25, 0.3) is 11.6 Å². The molecule has 0 radical (unpaired) electrons. The van der Waals surface area contributed by atoms with Crippen LogP contribution in [0.2, 0.25) is 5.02 Å². The molecule has 33 heavy (non-hydrogen) atoms. The van der Waals surface area contributed by atoms with Crippen molar-refractivity contribution in [1.29, 1.82) is 0 Å². The van der Waals surface area contributed by atoms with E-state index in [4.69, 9.17) is 16.1 Å². The zero-order valence-corrected chi connectivity index (χ0v) is 18.2. The Hall–Kier alpha value is -4.04. The first-order valence-corrected chi connectivity index (χ1v) is 10.5. The number of nitro benzene ring substituents is 1. The molecule has 1 aromatic heterocycles. The lowest BCUT2D eigenvalue weighted by Gasteiger charge is -2.22. The molecule has 9 heteroatoms. The Morgan fingerprint density at radius 3 is 2.52 bits per heavy atom. The van der Waals surface area contributed by atoms with E-state index < -0.39 is 4.92 Å². The van der Waals surface area contributed by atoms with Crippen LogP contribution in [0.1, 0.15) is 21.8 Å². The van der Waals surface area contributed by atoms with Crippen molar-refractivity contribution in [2.75, 3.05) is 6.54 Å². The Balaban J connectivity index is 1.53. The second-order valence-electron chi connectivity index (χ2n) is 7.29. The lowest BCUT2D eigenvalue weighted by molar-refractivity contribution is -0.384. The standard InChI is InChI=1S/C24H19ClN4O4/c25-20-11-9-18(10-12-20)23-26-22(33-27-23)13-14-28(16-17-5-2-1-3-6-17)24(30)19-7-4-8-21(15-19)29(31)32/h1-12,15H,13-14,16H2. The molecule has 0 saturated carbocycles. The van der Waals surface area contributed by atoms with Crippen LogP contribution in [0.4, 0.5) is 5.69 Å². The van der Waals surface area contributed by atoms with E-state index in [-0.39, 0.29) is 17.2 Å². The fourth-order valence-electron chi connectivity index (χ4n) is 3.29. The van der Waals surface area contributed by atoms with Gasteiger partial charge in [-0.25, -0.2) is 0 Å². The van der Waals surface area contributed by atoms with Gasteiger partial charge in [-0.05, 0) is 35.9 Å². The molecule has 0 unspecified atom stereocenters. The molecule has 0 aliphatic heterocycles. The van der Waals surface area contributed by atoms with Crippen molar-refractivity contribution in [3.63, 3.8) is 0 Å². The topological polar surface area (TPSA) is 102 Å². The summed E-state index contributed by atoms with van der Waals surface area (Å²) in [6, 6.07) is 22.3. The van der Waals surface area contributed by atoms with Gasteiger partial charge in [0.15, 0.2) is 0 Å². The highest BCUT2D eigenvalue weighted by atomic mass is 35.5. The summed E-state index contributed by atoms with van der Waals surface area (Å²) < 4.78 is 5.36. The van der Waals surface area contributed by atoms with Crippen LogP contribution >= 0.6 is 11.6 Å². The molecule has 0 atom stereocenters. The fourth-order valence-corrected chi connectivity index (χ4v) is 3.42. The number of carbonyl (C=O) groups is 1. The third-order valence-corrected chi connectivity index (χ3v) is 5.23. The second kappa shape index (κ2) is 10.1. The molecule has 4 aromatic rings. The minimum Gasteiger partial charge on any atom is -0.339 e. The first-order chi connectivity index (χ1) is 16.0. The summed E-state index contributed by atoms with van der Waals surface area (Å²) in [7, 11) is 0. The summed E-state index contributed by atoms with van der Waals surface area (Å²) in [5.74, 6) is 0.492. The van der Waals surface area contributed by atoms with Gasteiger partial charge in [0.05, 0.1) is 4.92 Å². The van der Waals surface area contributed by atoms with Gasteiger partial charge < -0.3 is 9.42 Å². The predicted octanol–water partition coefficient (Wildman–Crippen LogP) is 5.18. The number of carbonyl (C=O) groups excluding carboxylic acids is 1. The lowest BCUT2D eigenvalue weighted by Crippen LogP contribution is -2.32. The number of aromatic nitrogens is 2. The largest absolute Gasteiger partial charge is 0.339 e. The average molecular weight is 463 g/mol. The van der Waals surface area contributed by atoms with Gasteiger partial charge in [-0.15, -0.1) is 0 Å². The summed E-state index contributed by atoms with van der Waals surface area (Å²) in [6.45, 7) is 0.624. The lowest BCUT2D eigenvalue weighted by atomic mass is 10.1. The summed E-state index contributed by atoms with van der Waals surface area (Å²) in [6.07, 6.45) is 0.327. The van der Waals surface area contributed by atoms with E-state index in [1.807, 2.05) is 30.3 Å². The van der Waals surface area contributed by atoms with Gasteiger partial charge in [0.1, 0.15) is 0 Å². The molecule has 0 aliphatic rings. The molecule has 8 nitrogen and oxygen atoms in total. The number of hydrogen-bond donors (Lipinski definition) is 0. The zero-order chi connectivity index (χ0) is 23.2. The molecule has 0 N–H and O–H groups in total. The highest BCUT2D eigenvalue weighted by molar-refractivity contribution is 6.30. The van der Waals surface area contributed by atoms with E-state index >= 15 is 0 Å². The van der Waals surface area contributed by atoms with Gasteiger partial charge in [-0.1, -0.05) is 53.2 Å². The molecule has 0 saturated heterocycles. The maximum atomic E-state index is 13.2. The molecular weight excluding hydrogens is 444 g/mol. The zero-order valence-electron chi connectivity index (χ0n) is 17.4. The second-order valence-corrected chi connectivity index (χ2v) is 7.72. The number of benzene rings is 3. The monoisotopic (exact) mass is 462 g/mol. The van der Waals surface area contributed by atoms with Crippen molar-refractivity contribution in [3.05, 3.63) is 111 Å². The Morgan fingerprint density at radius 1 is 1.03 bits per heavy atom. The van der Waals surface area contributed by atoms with Crippen LogP contribution in [-0.2, 0) is 13.0 Å². The Bertz CT molecular complexity index is 1260. The van der Waals surface area contributed by atoms with Crippen molar-refractivity contribution in [1.82, 2.24) is 15.0 Å². The normalized spacial score (nSPS) is 10.7. The van der Waals surface area contributed by atoms with E-state index in [2.05, 4.69) is 10.1 Å². The first kappa shape index (κ1) is 22.2. The third-order valence-electron chi connectivity index (χ3n) is 4.97. The summed E-state index contributed by atoms with van der Waals surface area (Å²) in [5, 5.41) is 15.7. The maximum Gasteiger partial charge on any atom is 0.270 e. The van der Waals surface area contributed by atoms with Crippen LogP contribution in [0.5, 0.6) is 0 Å². The SMILES string of the molecule is O=C(c1cccc([N+](=O)[O-])c1)N(CCc1nc(-c2ccc(Cl)cc2)no1)Cc1ccccc1. The molecule has 1 amide bonds. The molecule has 4 rings (SSSR count). The van der Waals surface area contributed by atoms with Gasteiger partial charge in [-0.3, -0.25) is 14.9 Å². The molecule has 0 fully saturated rings. The molecule has 0 spiro atoms. The fraction of sp³-hybridized carbons (Fsp3) is 0.125. The maximum absolute atomic E-state index is 13.2. The molecule has 0 bridgehead atoms. The molecule has 166 valence electrons. The van der Waals surface area contributed by atoms with Crippen LogP contribution < -0.4 is 0 Å². The highest BCUT2D eigenvalue weighted by Crippen LogP contribution is 2.20. The number of amides is 1.